The molecular formula is C16H23NO2. The van der Waals surface area contributed by atoms with Crippen LogP contribution in [0.25, 0.3) is 0 Å². The smallest absolute Gasteiger partial charge is 0.161 e. The molecule has 0 spiro atoms. The van der Waals surface area contributed by atoms with Gasteiger partial charge in [0.1, 0.15) is 0 Å². The van der Waals surface area contributed by atoms with Crippen molar-refractivity contribution in [2.24, 2.45) is 5.92 Å². The number of methoxy groups -OCH3 is 1. The maximum absolute atomic E-state index is 5.85. The number of benzene rings is 1. The van der Waals surface area contributed by atoms with Crippen molar-refractivity contribution >= 4 is 0 Å². The molecule has 2 aliphatic rings. The van der Waals surface area contributed by atoms with Crippen LogP contribution in [0.15, 0.2) is 18.2 Å². The molecule has 0 aromatic heterocycles. The first-order chi connectivity index (χ1) is 9.36. The maximum atomic E-state index is 5.85. The van der Waals surface area contributed by atoms with Gasteiger partial charge in [-0.1, -0.05) is 6.07 Å². The minimum atomic E-state index is 0.611. The molecule has 0 amide bonds. The standard InChI is InChI=1S/C16H23NO2/c1-18-16-9-13(14-3-2-8-17-10-14)6-7-15(16)19-11-12-4-5-12/h6-7,9,12,14,17H,2-5,8,10-11H2,1H3. The van der Waals surface area contributed by atoms with E-state index in [0.717, 1.165) is 37.1 Å². The summed E-state index contributed by atoms with van der Waals surface area (Å²) in [7, 11) is 1.72. The Hall–Kier alpha value is -1.22. The minimum absolute atomic E-state index is 0.611. The summed E-state index contributed by atoms with van der Waals surface area (Å²) >= 11 is 0. The number of hydrogen-bond donors (Lipinski definition) is 1. The van der Waals surface area contributed by atoms with Crippen LogP contribution < -0.4 is 14.8 Å². The van der Waals surface area contributed by atoms with Gasteiger partial charge in [-0.15, -0.1) is 0 Å². The summed E-state index contributed by atoms with van der Waals surface area (Å²) < 4.78 is 11.3. The normalized spacial score (nSPS) is 23.1. The largest absolute Gasteiger partial charge is 0.493 e. The van der Waals surface area contributed by atoms with E-state index >= 15 is 0 Å². The van der Waals surface area contributed by atoms with Crippen LogP contribution in [0.1, 0.15) is 37.2 Å². The lowest BCUT2D eigenvalue weighted by Gasteiger charge is -2.24. The molecule has 1 saturated heterocycles. The SMILES string of the molecule is COc1cc(C2CCCNC2)ccc1OCC1CC1. The Kier molecular flexibility index (Phi) is 3.92. The Bertz CT molecular complexity index is 423. The molecule has 1 N–H and O–H groups in total. The Morgan fingerprint density at radius 3 is 2.79 bits per heavy atom. The van der Waals surface area contributed by atoms with Crippen LogP contribution in [0.4, 0.5) is 0 Å². The predicted octanol–water partition coefficient (Wildman–Crippen LogP) is 2.95. The molecule has 3 rings (SSSR count). The van der Waals surface area contributed by atoms with Crippen molar-refractivity contribution in [1.29, 1.82) is 0 Å². The van der Waals surface area contributed by atoms with Gasteiger partial charge in [0.25, 0.3) is 0 Å². The fraction of sp³-hybridized carbons (Fsp3) is 0.625. The summed E-state index contributed by atoms with van der Waals surface area (Å²) in [5.74, 6) is 3.15. The zero-order valence-corrected chi connectivity index (χ0v) is 11.7. The van der Waals surface area contributed by atoms with Crippen molar-refractivity contribution in [2.75, 3.05) is 26.8 Å². The molecule has 3 nitrogen and oxygen atoms in total. The molecule has 1 saturated carbocycles. The number of piperidine rings is 1. The summed E-state index contributed by atoms with van der Waals surface area (Å²) in [5.41, 5.74) is 1.36. The van der Waals surface area contributed by atoms with Crippen LogP contribution in [-0.2, 0) is 0 Å². The first-order valence-electron chi connectivity index (χ1n) is 7.38. The van der Waals surface area contributed by atoms with E-state index < -0.39 is 0 Å². The van der Waals surface area contributed by atoms with Crippen molar-refractivity contribution in [3.63, 3.8) is 0 Å². The fourth-order valence-corrected chi connectivity index (χ4v) is 2.69. The van der Waals surface area contributed by atoms with Crippen LogP contribution in [-0.4, -0.2) is 26.8 Å². The molecule has 1 aromatic rings. The second-order valence-electron chi connectivity index (χ2n) is 5.71. The van der Waals surface area contributed by atoms with Gasteiger partial charge < -0.3 is 14.8 Å². The Labute approximate surface area is 115 Å². The van der Waals surface area contributed by atoms with Gasteiger partial charge in [-0.05, 0) is 61.8 Å². The summed E-state index contributed by atoms with van der Waals surface area (Å²) in [6.45, 7) is 3.06. The van der Waals surface area contributed by atoms with E-state index in [1.54, 1.807) is 7.11 Å². The van der Waals surface area contributed by atoms with Gasteiger partial charge in [-0.3, -0.25) is 0 Å². The van der Waals surface area contributed by atoms with E-state index in [1.807, 2.05) is 0 Å². The van der Waals surface area contributed by atoms with Gasteiger partial charge in [-0.2, -0.15) is 0 Å². The Morgan fingerprint density at radius 2 is 2.11 bits per heavy atom. The predicted molar refractivity (Wildman–Crippen MR) is 76.1 cm³/mol. The molecule has 0 bridgehead atoms. The molecule has 1 aliphatic carbocycles. The van der Waals surface area contributed by atoms with Crippen molar-refractivity contribution in [3.05, 3.63) is 23.8 Å². The van der Waals surface area contributed by atoms with Crippen LogP contribution in [0.5, 0.6) is 11.5 Å². The van der Waals surface area contributed by atoms with E-state index in [2.05, 4.69) is 23.5 Å². The average molecular weight is 261 g/mol. The first-order valence-corrected chi connectivity index (χ1v) is 7.38. The van der Waals surface area contributed by atoms with E-state index in [1.165, 1.54) is 31.2 Å². The number of ether oxygens (including phenoxy) is 2. The molecule has 19 heavy (non-hydrogen) atoms. The van der Waals surface area contributed by atoms with Crippen LogP contribution in [0, 0.1) is 5.92 Å². The monoisotopic (exact) mass is 261 g/mol. The quantitative estimate of drug-likeness (QED) is 0.884. The molecular weight excluding hydrogens is 238 g/mol. The van der Waals surface area contributed by atoms with Gasteiger partial charge in [0.15, 0.2) is 11.5 Å². The van der Waals surface area contributed by atoms with Crippen molar-refractivity contribution in [3.8, 4) is 11.5 Å². The van der Waals surface area contributed by atoms with E-state index in [-0.39, 0.29) is 0 Å². The number of rotatable bonds is 5. The summed E-state index contributed by atoms with van der Waals surface area (Å²) in [4.78, 5) is 0. The van der Waals surface area contributed by atoms with Gasteiger partial charge in [-0.25, -0.2) is 0 Å². The lowest BCUT2D eigenvalue weighted by Crippen LogP contribution is -2.28. The molecule has 3 heteroatoms. The highest BCUT2D eigenvalue weighted by molar-refractivity contribution is 5.44. The van der Waals surface area contributed by atoms with Crippen LogP contribution in [0.3, 0.4) is 0 Å². The molecule has 1 aromatic carbocycles. The second kappa shape index (κ2) is 5.83. The number of nitrogens with one attached hydrogen (secondary N) is 1. The molecule has 1 atom stereocenters. The zero-order valence-electron chi connectivity index (χ0n) is 11.7. The highest BCUT2D eigenvalue weighted by Gasteiger charge is 2.23. The van der Waals surface area contributed by atoms with Crippen LogP contribution >= 0.6 is 0 Å². The van der Waals surface area contributed by atoms with Crippen molar-refractivity contribution in [2.45, 2.75) is 31.6 Å². The second-order valence-corrected chi connectivity index (χ2v) is 5.71. The third-order valence-electron chi connectivity index (χ3n) is 4.13. The highest BCUT2D eigenvalue weighted by atomic mass is 16.5. The van der Waals surface area contributed by atoms with Gasteiger partial charge >= 0.3 is 0 Å². The van der Waals surface area contributed by atoms with Crippen molar-refractivity contribution in [1.82, 2.24) is 5.32 Å². The third kappa shape index (κ3) is 3.21. The number of hydrogen-bond acceptors (Lipinski definition) is 3. The van der Waals surface area contributed by atoms with E-state index in [9.17, 15) is 0 Å². The minimum Gasteiger partial charge on any atom is -0.493 e. The van der Waals surface area contributed by atoms with Gasteiger partial charge in [0, 0.05) is 6.54 Å². The Balaban J connectivity index is 1.71. The molecule has 104 valence electrons. The first kappa shape index (κ1) is 12.8. The highest BCUT2D eigenvalue weighted by Crippen LogP contribution is 2.35. The van der Waals surface area contributed by atoms with E-state index in [4.69, 9.17) is 9.47 Å². The molecule has 1 heterocycles. The van der Waals surface area contributed by atoms with Gasteiger partial charge in [0.2, 0.25) is 0 Å². The van der Waals surface area contributed by atoms with Crippen molar-refractivity contribution < 1.29 is 9.47 Å². The Morgan fingerprint density at radius 1 is 1.21 bits per heavy atom. The lowest BCUT2D eigenvalue weighted by molar-refractivity contribution is 0.280. The van der Waals surface area contributed by atoms with Gasteiger partial charge in [0.05, 0.1) is 13.7 Å². The zero-order chi connectivity index (χ0) is 13.1. The average Bonchev–Trinajstić information content (AvgIpc) is 3.30. The summed E-state index contributed by atoms with van der Waals surface area (Å²) in [5, 5.41) is 3.46. The molecule has 1 aliphatic heterocycles. The fourth-order valence-electron chi connectivity index (χ4n) is 2.69. The molecule has 1 unspecified atom stereocenters. The topological polar surface area (TPSA) is 30.5 Å². The lowest BCUT2D eigenvalue weighted by atomic mass is 9.91. The van der Waals surface area contributed by atoms with E-state index in [0.29, 0.717) is 5.92 Å². The summed E-state index contributed by atoms with van der Waals surface area (Å²) in [6, 6.07) is 6.42. The molecule has 0 radical (unpaired) electrons. The molecule has 2 fully saturated rings. The maximum Gasteiger partial charge on any atom is 0.161 e. The van der Waals surface area contributed by atoms with Crippen LogP contribution in [0.2, 0.25) is 0 Å². The summed E-state index contributed by atoms with van der Waals surface area (Å²) in [6.07, 6.45) is 5.15. The third-order valence-corrected chi connectivity index (χ3v) is 4.13.